The number of nitrogens with one attached hydrogen (secondary N) is 1. The summed E-state index contributed by atoms with van der Waals surface area (Å²) in [5.41, 5.74) is 1.96. The summed E-state index contributed by atoms with van der Waals surface area (Å²) in [5, 5.41) is 10.4. The summed E-state index contributed by atoms with van der Waals surface area (Å²) in [7, 11) is 1.55. The highest BCUT2D eigenvalue weighted by atomic mass is 16.5. The third-order valence-electron chi connectivity index (χ3n) is 4.08. The highest BCUT2D eigenvalue weighted by Gasteiger charge is 2.18. The first kappa shape index (κ1) is 18.3. The van der Waals surface area contributed by atoms with E-state index >= 15 is 0 Å². The fourth-order valence-electron chi connectivity index (χ4n) is 2.88. The smallest absolute Gasteiger partial charge is 0.205 e. The van der Waals surface area contributed by atoms with Gasteiger partial charge in [0.15, 0.2) is 11.5 Å². The highest BCUT2D eigenvalue weighted by molar-refractivity contribution is 6.19. The van der Waals surface area contributed by atoms with Gasteiger partial charge in [-0.3, -0.25) is 4.79 Å². The molecule has 3 rings (SSSR count). The Morgan fingerprint density at radius 3 is 2.67 bits per heavy atom. The van der Waals surface area contributed by atoms with Crippen LogP contribution in [0.15, 0.2) is 54.2 Å². The van der Waals surface area contributed by atoms with Gasteiger partial charge < -0.3 is 14.5 Å². The van der Waals surface area contributed by atoms with Gasteiger partial charge in [0.05, 0.1) is 13.2 Å². The number of nitrogens with zero attached hydrogens (tertiary/aromatic N) is 1. The van der Waals surface area contributed by atoms with E-state index in [1.165, 1.54) is 0 Å². The van der Waals surface area contributed by atoms with Crippen molar-refractivity contribution in [3.05, 3.63) is 65.4 Å². The number of H-pyrrole nitrogens is 1. The summed E-state index contributed by atoms with van der Waals surface area (Å²) >= 11 is 0. The number of rotatable bonds is 6. The lowest BCUT2D eigenvalue weighted by Crippen LogP contribution is -2.08. The molecule has 5 nitrogen and oxygen atoms in total. The second kappa shape index (κ2) is 7.79. The third-order valence-corrected chi connectivity index (χ3v) is 4.08. The molecule has 0 aliphatic rings. The molecule has 0 radical (unpaired) electrons. The van der Waals surface area contributed by atoms with Gasteiger partial charge >= 0.3 is 0 Å². The number of allylic oxidation sites excluding steroid dienone is 1. The quantitative estimate of drug-likeness (QED) is 0.391. The van der Waals surface area contributed by atoms with Crippen molar-refractivity contribution in [3.8, 4) is 17.6 Å². The van der Waals surface area contributed by atoms with Crippen molar-refractivity contribution in [3.63, 3.8) is 0 Å². The van der Waals surface area contributed by atoms with Crippen LogP contribution in [-0.2, 0) is 0 Å². The number of aromatic amines is 1. The first-order chi connectivity index (χ1) is 13.0. The standard InChI is InChI=1S/C22H20N2O3/c1-14(2)27-22-15(7-6-10-20(22)26-3)11-16(12-23)21(25)18-13-24-19-9-5-4-8-17(18)19/h4-11,13-14,24H,1-3H3/b16-11+. The Kier molecular flexibility index (Phi) is 5.28. The molecule has 0 aliphatic heterocycles. The molecule has 0 atom stereocenters. The zero-order valence-electron chi connectivity index (χ0n) is 15.4. The lowest BCUT2D eigenvalue weighted by Gasteiger charge is -2.16. The maximum absolute atomic E-state index is 13.0. The Balaban J connectivity index is 2.07. The minimum Gasteiger partial charge on any atom is -0.493 e. The topological polar surface area (TPSA) is 75.1 Å². The molecule has 0 spiro atoms. The van der Waals surface area contributed by atoms with Gasteiger partial charge in [-0.1, -0.05) is 30.3 Å². The van der Waals surface area contributed by atoms with E-state index in [0.717, 1.165) is 10.9 Å². The Labute approximate surface area is 157 Å². The number of nitriles is 1. The largest absolute Gasteiger partial charge is 0.493 e. The number of benzene rings is 2. The fourth-order valence-corrected chi connectivity index (χ4v) is 2.88. The van der Waals surface area contributed by atoms with Gasteiger partial charge in [0.1, 0.15) is 11.6 Å². The number of hydrogen-bond acceptors (Lipinski definition) is 4. The predicted molar refractivity (Wildman–Crippen MR) is 105 cm³/mol. The summed E-state index contributed by atoms with van der Waals surface area (Å²) in [4.78, 5) is 16.0. The molecule has 0 saturated carbocycles. The first-order valence-corrected chi connectivity index (χ1v) is 8.61. The Morgan fingerprint density at radius 2 is 1.96 bits per heavy atom. The zero-order valence-corrected chi connectivity index (χ0v) is 15.4. The molecule has 0 saturated heterocycles. The van der Waals surface area contributed by atoms with Gasteiger partial charge in [0.2, 0.25) is 5.78 Å². The molecule has 0 bridgehead atoms. The number of hydrogen-bond donors (Lipinski definition) is 1. The van der Waals surface area contributed by atoms with Crippen LogP contribution in [0.1, 0.15) is 29.8 Å². The highest BCUT2D eigenvalue weighted by Crippen LogP contribution is 2.34. The number of aromatic nitrogens is 1. The van der Waals surface area contributed by atoms with Crippen molar-refractivity contribution in [2.24, 2.45) is 0 Å². The molecule has 0 fully saturated rings. The van der Waals surface area contributed by atoms with E-state index in [1.54, 1.807) is 37.6 Å². The molecule has 0 aliphatic carbocycles. The molecule has 1 heterocycles. The number of methoxy groups -OCH3 is 1. The maximum atomic E-state index is 13.0. The van der Waals surface area contributed by atoms with E-state index in [0.29, 0.717) is 22.6 Å². The number of para-hydroxylation sites is 2. The number of Topliss-reactive ketones (excluding diaryl/α,β-unsaturated/α-hetero) is 1. The van der Waals surface area contributed by atoms with Crippen LogP contribution >= 0.6 is 0 Å². The van der Waals surface area contributed by atoms with Crippen LogP contribution in [0.3, 0.4) is 0 Å². The van der Waals surface area contributed by atoms with Crippen LogP contribution in [-0.4, -0.2) is 24.0 Å². The maximum Gasteiger partial charge on any atom is 0.205 e. The van der Waals surface area contributed by atoms with Crippen LogP contribution in [0.5, 0.6) is 11.5 Å². The van der Waals surface area contributed by atoms with Crippen LogP contribution in [0, 0.1) is 11.3 Å². The average molecular weight is 360 g/mol. The van der Waals surface area contributed by atoms with E-state index in [1.807, 2.05) is 44.2 Å². The van der Waals surface area contributed by atoms with Gasteiger partial charge in [0.25, 0.3) is 0 Å². The summed E-state index contributed by atoms with van der Waals surface area (Å²) in [5.74, 6) is 0.719. The molecule has 3 aromatic rings. The Bertz CT molecular complexity index is 1050. The Morgan fingerprint density at radius 1 is 1.19 bits per heavy atom. The van der Waals surface area contributed by atoms with E-state index in [2.05, 4.69) is 4.98 Å². The number of ketones is 1. The van der Waals surface area contributed by atoms with Crippen LogP contribution in [0.25, 0.3) is 17.0 Å². The zero-order chi connectivity index (χ0) is 19.4. The number of ether oxygens (including phenoxy) is 2. The molecule has 1 aromatic heterocycles. The van der Waals surface area contributed by atoms with Crippen LogP contribution < -0.4 is 9.47 Å². The molecule has 0 unspecified atom stereocenters. The number of carbonyl (C=O) groups excluding carboxylic acids is 1. The van der Waals surface area contributed by atoms with Gasteiger partial charge in [0, 0.05) is 28.2 Å². The van der Waals surface area contributed by atoms with Crippen molar-refractivity contribution in [2.75, 3.05) is 7.11 Å². The lowest BCUT2D eigenvalue weighted by atomic mass is 10.0. The van der Waals surface area contributed by atoms with E-state index in [4.69, 9.17) is 9.47 Å². The van der Waals surface area contributed by atoms with Crippen molar-refractivity contribution in [2.45, 2.75) is 20.0 Å². The summed E-state index contributed by atoms with van der Waals surface area (Å²) < 4.78 is 11.2. The lowest BCUT2D eigenvalue weighted by molar-refractivity contribution is 0.104. The molecule has 5 heteroatoms. The molecule has 136 valence electrons. The van der Waals surface area contributed by atoms with Crippen LogP contribution in [0.4, 0.5) is 0 Å². The predicted octanol–water partition coefficient (Wildman–Crippen LogP) is 4.75. The van der Waals surface area contributed by atoms with E-state index in [9.17, 15) is 10.1 Å². The molecule has 2 aromatic carbocycles. The van der Waals surface area contributed by atoms with E-state index < -0.39 is 0 Å². The molecule has 27 heavy (non-hydrogen) atoms. The molecule has 1 N–H and O–H groups in total. The van der Waals surface area contributed by atoms with Crippen molar-refractivity contribution in [1.29, 1.82) is 5.26 Å². The van der Waals surface area contributed by atoms with Gasteiger partial charge in [-0.05, 0) is 32.1 Å². The SMILES string of the molecule is COc1cccc(/C=C(\C#N)C(=O)c2c[nH]c3ccccc23)c1OC(C)C. The minimum atomic E-state index is -0.340. The summed E-state index contributed by atoms with van der Waals surface area (Å²) in [6.07, 6.45) is 3.10. The normalized spacial score (nSPS) is 11.4. The van der Waals surface area contributed by atoms with E-state index in [-0.39, 0.29) is 17.5 Å². The van der Waals surface area contributed by atoms with Crippen molar-refractivity contribution >= 4 is 22.8 Å². The van der Waals surface area contributed by atoms with Gasteiger partial charge in [-0.25, -0.2) is 0 Å². The van der Waals surface area contributed by atoms with Crippen LogP contribution in [0.2, 0.25) is 0 Å². The number of carbonyl (C=O) groups is 1. The second-order valence-corrected chi connectivity index (χ2v) is 6.29. The molecular formula is C22H20N2O3. The monoisotopic (exact) mass is 360 g/mol. The fraction of sp³-hybridized carbons (Fsp3) is 0.182. The molecular weight excluding hydrogens is 340 g/mol. The van der Waals surface area contributed by atoms with Crippen molar-refractivity contribution < 1.29 is 14.3 Å². The van der Waals surface area contributed by atoms with Gasteiger partial charge in [-0.15, -0.1) is 0 Å². The first-order valence-electron chi connectivity index (χ1n) is 8.61. The van der Waals surface area contributed by atoms with Crippen molar-refractivity contribution in [1.82, 2.24) is 4.98 Å². The third kappa shape index (κ3) is 3.70. The molecule has 0 amide bonds. The second-order valence-electron chi connectivity index (χ2n) is 6.29. The Hall–Kier alpha value is -3.52. The van der Waals surface area contributed by atoms with Gasteiger partial charge in [-0.2, -0.15) is 5.26 Å². The summed E-state index contributed by atoms with van der Waals surface area (Å²) in [6.45, 7) is 3.81. The number of fused-ring (bicyclic) bond motifs is 1. The minimum absolute atomic E-state index is 0.0293. The summed E-state index contributed by atoms with van der Waals surface area (Å²) in [6, 6.07) is 14.9. The average Bonchev–Trinajstić information content (AvgIpc) is 3.10.